The lowest BCUT2D eigenvalue weighted by atomic mass is 10.1. The van der Waals surface area contributed by atoms with Gasteiger partial charge in [0.2, 0.25) is 0 Å². The molecule has 8 heteroatoms. The molecule has 3 rings (SSSR count). The highest BCUT2D eigenvalue weighted by Crippen LogP contribution is 2.25. The maximum atomic E-state index is 13.3. The third-order valence-corrected chi connectivity index (χ3v) is 6.56. The van der Waals surface area contributed by atoms with Gasteiger partial charge < -0.3 is 4.74 Å². The lowest BCUT2D eigenvalue weighted by molar-refractivity contribution is -0.119. The topological polar surface area (TPSA) is 88.1 Å². The number of nitrogens with zero attached hydrogens (tertiary/aromatic N) is 2. The average molecular weight is 452 g/mol. The number of carbonyl (C=O) groups is 1. The van der Waals surface area contributed by atoms with E-state index in [4.69, 9.17) is 4.74 Å². The molecule has 0 bridgehead atoms. The van der Waals surface area contributed by atoms with Crippen LogP contribution in [0.1, 0.15) is 18.1 Å². The van der Waals surface area contributed by atoms with Crippen LogP contribution in [0.5, 0.6) is 5.75 Å². The number of benzene rings is 3. The molecule has 0 heterocycles. The molecule has 0 fully saturated rings. The Morgan fingerprint density at radius 3 is 2.25 bits per heavy atom. The van der Waals surface area contributed by atoms with E-state index in [-0.39, 0.29) is 4.90 Å². The van der Waals surface area contributed by atoms with Gasteiger partial charge >= 0.3 is 0 Å². The van der Waals surface area contributed by atoms with Crippen LogP contribution in [0, 0.1) is 0 Å². The number of nitrogens with one attached hydrogen (secondary N) is 1. The highest BCUT2D eigenvalue weighted by atomic mass is 32.2. The van der Waals surface area contributed by atoms with Crippen LogP contribution < -0.4 is 14.5 Å². The highest BCUT2D eigenvalue weighted by Gasteiger charge is 2.27. The molecule has 0 atom stereocenters. The van der Waals surface area contributed by atoms with Gasteiger partial charge in [-0.2, -0.15) is 5.10 Å². The average Bonchev–Trinajstić information content (AvgIpc) is 2.83. The van der Waals surface area contributed by atoms with E-state index >= 15 is 0 Å². The molecule has 0 saturated carbocycles. The summed E-state index contributed by atoms with van der Waals surface area (Å²) in [5.74, 6) is 0.00991. The Bertz CT molecular complexity index is 1160. The third-order valence-electron chi connectivity index (χ3n) is 4.77. The molecule has 0 spiro atoms. The summed E-state index contributed by atoms with van der Waals surface area (Å²) in [6, 6.07) is 22.2. The second-order valence-electron chi connectivity index (χ2n) is 6.91. The summed E-state index contributed by atoms with van der Waals surface area (Å²) in [4.78, 5) is 12.6. The van der Waals surface area contributed by atoms with Crippen LogP contribution in [0.15, 0.2) is 88.9 Å². The van der Waals surface area contributed by atoms with Crippen molar-refractivity contribution in [3.8, 4) is 5.75 Å². The van der Waals surface area contributed by atoms with Crippen molar-refractivity contribution in [2.75, 3.05) is 18.0 Å². The first-order valence-corrected chi connectivity index (χ1v) is 11.5. The highest BCUT2D eigenvalue weighted by molar-refractivity contribution is 7.92. The van der Waals surface area contributed by atoms with Gasteiger partial charge in [0.05, 0.1) is 23.9 Å². The Labute approximate surface area is 188 Å². The lowest BCUT2D eigenvalue weighted by Crippen LogP contribution is -2.39. The Hall–Kier alpha value is -3.65. The molecule has 0 radical (unpaired) electrons. The third kappa shape index (κ3) is 5.73. The molecule has 3 aromatic carbocycles. The van der Waals surface area contributed by atoms with Crippen LogP contribution in [0.2, 0.25) is 0 Å². The Morgan fingerprint density at radius 2 is 1.66 bits per heavy atom. The molecule has 1 N–H and O–H groups in total. The fourth-order valence-electron chi connectivity index (χ4n) is 2.97. The van der Waals surface area contributed by atoms with E-state index in [1.807, 2.05) is 24.3 Å². The largest absolute Gasteiger partial charge is 0.497 e. The minimum absolute atomic E-state index is 0.0862. The van der Waals surface area contributed by atoms with Crippen molar-refractivity contribution < 1.29 is 17.9 Å². The molecule has 32 heavy (non-hydrogen) atoms. The maximum Gasteiger partial charge on any atom is 0.264 e. The van der Waals surface area contributed by atoms with Gasteiger partial charge in [0.25, 0.3) is 15.9 Å². The van der Waals surface area contributed by atoms with Crippen molar-refractivity contribution in [3.63, 3.8) is 0 Å². The van der Waals surface area contributed by atoms with E-state index in [1.165, 1.54) is 31.0 Å². The van der Waals surface area contributed by atoms with Gasteiger partial charge in [0.15, 0.2) is 0 Å². The first-order valence-electron chi connectivity index (χ1n) is 10.1. The lowest BCUT2D eigenvalue weighted by Gasteiger charge is -2.23. The van der Waals surface area contributed by atoms with Gasteiger partial charge in [-0.05, 0) is 53.9 Å². The molecule has 1 amide bonds. The number of anilines is 1. The van der Waals surface area contributed by atoms with E-state index in [0.717, 1.165) is 16.3 Å². The van der Waals surface area contributed by atoms with Gasteiger partial charge in [0.1, 0.15) is 12.3 Å². The molecule has 0 saturated heterocycles. The van der Waals surface area contributed by atoms with Crippen molar-refractivity contribution in [1.29, 1.82) is 0 Å². The number of rotatable bonds is 9. The smallest absolute Gasteiger partial charge is 0.264 e. The van der Waals surface area contributed by atoms with Crippen LogP contribution in [-0.2, 0) is 21.2 Å². The van der Waals surface area contributed by atoms with Gasteiger partial charge in [-0.1, -0.05) is 49.4 Å². The van der Waals surface area contributed by atoms with Gasteiger partial charge in [-0.15, -0.1) is 0 Å². The Morgan fingerprint density at radius 1 is 1.00 bits per heavy atom. The quantitative estimate of drug-likeness (QED) is 0.398. The molecule has 0 aromatic heterocycles. The van der Waals surface area contributed by atoms with Crippen molar-refractivity contribution in [3.05, 3.63) is 90.0 Å². The number of hydrazone groups is 1. The normalized spacial score (nSPS) is 11.3. The van der Waals surface area contributed by atoms with Crippen LogP contribution in [-0.4, -0.2) is 34.2 Å². The van der Waals surface area contributed by atoms with Gasteiger partial charge in [-0.25, -0.2) is 13.8 Å². The van der Waals surface area contributed by atoms with Gasteiger partial charge in [-0.3, -0.25) is 9.10 Å². The predicted octanol–water partition coefficient (Wildman–Crippen LogP) is 3.60. The Balaban J connectivity index is 1.79. The maximum absolute atomic E-state index is 13.3. The number of carbonyl (C=O) groups excluding carboxylic acids is 1. The zero-order chi connectivity index (χ0) is 23.0. The molecular formula is C24H25N3O4S. The number of sulfonamides is 1. The van der Waals surface area contributed by atoms with Crippen molar-refractivity contribution in [1.82, 2.24) is 5.43 Å². The van der Waals surface area contributed by atoms with Crippen LogP contribution >= 0.6 is 0 Å². The summed E-state index contributed by atoms with van der Waals surface area (Å²) >= 11 is 0. The monoisotopic (exact) mass is 451 g/mol. The van der Waals surface area contributed by atoms with E-state index in [1.54, 1.807) is 42.5 Å². The minimum Gasteiger partial charge on any atom is -0.497 e. The zero-order valence-corrected chi connectivity index (χ0v) is 18.7. The first-order chi connectivity index (χ1) is 15.4. The van der Waals surface area contributed by atoms with Crippen LogP contribution in [0.25, 0.3) is 0 Å². The predicted molar refractivity (Wildman–Crippen MR) is 126 cm³/mol. The fourth-order valence-corrected chi connectivity index (χ4v) is 4.41. The number of aryl methyl sites for hydroxylation is 1. The van der Waals surface area contributed by atoms with E-state index in [2.05, 4.69) is 17.5 Å². The molecule has 0 aliphatic carbocycles. The molecule has 7 nitrogen and oxygen atoms in total. The van der Waals surface area contributed by atoms with Crippen molar-refractivity contribution in [2.24, 2.45) is 5.10 Å². The standard InChI is InChI=1S/C24H25N3O4S/c1-3-19-9-11-20(12-10-19)17-25-26-24(28)18-27(21-13-15-22(31-2)16-14-21)32(29,30)23-7-5-4-6-8-23/h4-17H,3,18H2,1-2H3,(H,26,28). The van der Waals surface area contributed by atoms with Crippen LogP contribution in [0.4, 0.5) is 5.69 Å². The Kier molecular flexibility index (Phi) is 7.62. The summed E-state index contributed by atoms with van der Waals surface area (Å²) in [5.41, 5.74) is 4.77. The molecule has 0 aliphatic rings. The van der Waals surface area contributed by atoms with E-state index in [0.29, 0.717) is 11.4 Å². The molecule has 0 aliphatic heterocycles. The summed E-state index contributed by atoms with van der Waals surface area (Å²) in [6.45, 7) is 1.64. The molecule has 166 valence electrons. The van der Waals surface area contributed by atoms with Crippen molar-refractivity contribution >= 4 is 27.8 Å². The summed E-state index contributed by atoms with van der Waals surface area (Å²) < 4.78 is 32.7. The van der Waals surface area contributed by atoms with Crippen molar-refractivity contribution in [2.45, 2.75) is 18.2 Å². The summed E-state index contributed by atoms with van der Waals surface area (Å²) in [5, 5.41) is 3.96. The second kappa shape index (κ2) is 10.6. The zero-order valence-electron chi connectivity index (χ0n) is 17.9. The first kappa shape index (κ1) is 23.0. The second-order valence-corrected chi connectivity index (χ2v) is 8.77. The number of hydrogen-bond donors (Lipinski definition) is 1. The van der Waals surface area contributed by atoms with Gasteiger partial charge in [0, 0.05) is 0 Å². The molecular weight excluding hydrogens is 426 g/mol. The van der Waals surface area contributed by atoms with E-state index < -0.39 is 22.5 Å². The SMILES string of the molecule is CCc1ccc(C=NNC(=O)CN(c2ccc(OC)cc2)S(=O)(=O)c2ccccc2)cc1. The van der Waals surface area contributed by atoms with E-state index in [9.17, 15) is 13.2 Å². The number of hydrogen-bond acceptors (Lipinski definition) is 5. The number of amides is 1. The number of methoxy groups -OCH3 is 1. The fraction of sp³-hybridized carbons (Fsp3) is 0.167. The molecule has 0 unspecified atom stereocenters. The minimum atomic E-state index is -3.97. The summed E-state index contributed by atoms with van der Waals surface area (Å²) in [7, 11) is -2.45. The van der Waals surface area contributed by atoms with Crippen LogP contribution in [0.3, 0.4) is 0 Å². The molecule has 3 aromatic rings. The number of ether oxygens (including phenoxy) is 1. The summed E-state index contributed by atoms with van der Waals surface area (Å²) in [6.07, 6.45) is 2.45.